The Morgan fingerprint density at radius 1 is 1.50 bits per heavy atom. The Morgan fingerprint density at radius 3 is 3.00 bits per heavy atom. The van der Waals surface area contributed by atoms with Crippen molar-refractivity contribution in [3.05, 3.63) is 23.0 Å². The van der Waals surface area contributed by atoms with E-state index in [9.17, 15) is 4.79 Å². The highest BCUT2D eigenvalue weighted by Gasteiger charge is 2.26. The van der Waals surface area contributed by atoms with E-state index in [4.69, 9.17) is 5.73 Å². The van der Waals surface area contributed by atoms with Crippen LogP contribution in [0.3, 0.4) is 0 Å². The first kappa shape index (κ1) is 13.1. The molecule has 2 N–H and O–H groups in total. The standard InChI is InChI=1S/C13H15N5OS/c1-18-12-8(9(17-18)5-10(14)19)4-3-7-6-15-13(20-2)16-11(7)12/h6H,3-5H2,1-2H3,(H2,14,19). The van der Waals surface area contributed by atoms with Crippen molar-refractivity contribution in [3.8, 4) is 11.4 Å². The van der Waals surface area contributed by atoms with Crippen LogP contribution in [-0.4, -0.2) is 31.9 Å². The molecule has 1 amide bonds. The molecule has 0 radical (unpaired) electrons. The van der Waals surface area contributed by atoms with E-state index in [0.717, 1.165) is 46.2 Å². The molecule has 7 heteroatoms. The molecular weight excluding hydrogens is 274 g/mol. The summed E-state index contributed by atoms with van der Waals surface area (Å²) in [6, 6.07) is 0. The summed E-state index contributed by atoms with van der Waals surface area (Å²) in [5.41, 5.74) is 10.2. The summed E-state index contributed by atoms with van der Waals surface area (Å²) in [5, 5.41) is 5.18. The fraction of sp³-hybridized carbons (Fsp3) is 0.385. The van der Waals surface area contributed by atoms with Gasteiger partial charge in [-0.15, -0.1) is 0 Å². The fourth-order valence-electron chi connectivity index (χ4n) is 2.63. The van der Waals surface area contributed by atoms with Crippen LogP contribution in [-0.2, 0) is 31.1 Å². The van der Waals surface area contributed by atoms with Crippen molar-refractivity contribution in [3.63, 3.8) is 0 Å². The number of hydrogen-bond acceptors (Lipinski definition) is 5. The predicted octanol–water partition coefficient (Wildman–Crippen LogP) is 0.725. The monoisotopic (exact) mass is 289 g/mol. The molecule has 1 aliphatic rings. The molecule has 0 bridgehead atoms. The van der Waals surface area contributed by atoms with Crippen LogP contribution in [0.5, 0.6) is 0 Å². The van der Waals surface area contributed by atoms with Gasteiger partial charge in [-0.1, -0.05) is 11.8 Å². The van der Waals surface area contributed by atoms with Gasteiger partial charge in [0.15, 0.2) is 5.16 Å². The van der Waals surface area contributed by atoms with Gasteiger partial charge in [-0.3, -0.25) is 9.48 Å². The number of hydrogen-bond donors (Lipinski definition) is 1. The second kappa shape index (κ2) is 4.90. The third-order valence-electron chi connectivity index (χ3n) is 3.46. The molecular formula is C13H15N5OS. The Balaban J connectivity index is 2.16. The average Bonchev–Trinajstić information content (AvgIpc) is 2.74. The van der Waals surface area contributed by atoms with E-state index in [1.54, 1.807) is 4.68 Å². The quantitative estimate of drug-likeness (QED) is 0.665. The summed E-state index contributed by atoms with van der Waals surface area (Å²) in [6.07, 6.45) is 5.74. The molecule has 0 aliphatic heterocycles. The van der Waals surface area contributed by atoms with Gasteiger partial charge in [-0.2, -0.15) is 5.10 Å². The number of fused-ring (bicyclic) bond motifs is 3. The van der Waals surface area contributed by atoms with Gasteiger partial charge in [-0.25, -0.2) is 9.97 Å². The summed E-state index contributed by atoms with van der Waals surface area (Å²) in [6.45, 7) is 0. The van der Waals surface area contributed by atoms with Crippen LogP contribution in [0.25, 0.3) is 11.4 Å². The molecule has 1 aliphatic carbocycles. The Kier molecular flexibility index (Phi) is 3.21. The minimum Gasteiger partial charge on any atom is -0.369 e. The van der Waals surface area contributed by atoms with Gasteiger partial charge >= 0.3 is 0 Å². The van der Waals surface area contributed by atoms with Crippen molar-refractivity contribution in [2.24, 2.45) is 12.8 Å². The third-order valence-corrected chi connectivity index (χ3v) is 4.03. The number of aryl methyl sites for hydroxylation is 2. The first-order valence-electron chi connectivity index (χ1n) is 6.33. The van der Waals surface area contributed by atoms with Crippen LogP contribution in [0.2, 0.25) is 0 Å². The maximum absolute atomic E-state index is 11.2. The number of thioether (sulfide) groups is 1. The lowest BCUT2D eigenvalue weighted by Crippen LogP contribution is -2.16. The third kappa shape index (κ3) is 2.07. The van der Waals surface area contributed by atoms with Crippen molar-refractivity contribution in [1.82, 2.24) is 19.7 Å². The Bertz CT molecular complexity index is 694. The van der Waals surface area contributed by atoms with Crippen LogP contribution in [0.4, 0.5) is 0 Å². The van der Waals surface area contributed by atoms with Crippen molar-refractivity contribution in [1.29, 1.82) is 0 Å². The average molecular weight is 289 g/mol. The van der Waals surface area contributed by atoms with Crippen LogP contribution in [0.15, 0.2) is 11.4 Å². The molecule has 2 heterocycles. The summed E-state index contributed by atoms with van der Waals surface area (Å²) in [4.78, 5) is 20.1. The zero-order chi connectivity index (χ0) is 14.3. The molecule has 3 rings (SSSR count). The lowest BCUT2D eigenvalue weighted by molar-refractivity contribution is -0.117. The van der Waals surface area contributed by atoms with E-state index in [1.807, 2.05) is 19.5 Å². The van der Waals surface area contributed by atoms with Gasteiger partial charge < -0.3 is 5.73 Å². The number of carbonyl (C=O) groups excluding carboxylic acids is 1. The molecule has 0 atom stereocenters. The van der Waals surface area contributed by atoms with Crippen molar-refractivity contribution < 1.29 is 4.79 Å². The van der Waals surface area contributed by atoms with E-state index in [1.165, 1.54) is 11.8 Å². The molecule has 104 valence electrons. The maximum atomic E-state index is 11.2. The zero-order valence-electron chi connectivity index (χ0n) is 11.4. The number of nitrogens with two attached hydrogens (primary N) is 1. The number of aromatic nitrogens is 4. The van der Waals surface area contributed by atoms with Crippen LogP contribution in [0, 0.1) is 0 Å². The molecule has 0 unspecified atom stereocenters. The molecule has 0 fully saturated rings. The molecule has 2 aromatic rings. The molecule has 2 aromatic heterocycles. The van der Waals surface area contributed by atoms with Gasteiger partial charge in [0, 0.05) is 18.8 Å². The molecule has 0 aromatic carbocycles. The summed E-state index contributed by atoms with van der Waals surface area (Å²) < 4.78 is 1.79. The Morgan fingerprint density at radius 2 is 2.30 bits per heavy atom. The first-order chi connectivity index (χ1) is 9.60. The van der Waals surface area contributed by atoms with Gasteiger partial charge in [-0.05, 0) is 24.7 Å². The van der Waals surface area contributed by atoms with Crippen LogP contribution >= 0.6 is 11.8 Å². The van der Waals surface area contributed by atoms with E-state index in [0.29, 0.717) is 0 Å². The normalized spacial score (nSPS) is 12.9. The van der Waals surface area contributed by atoms with Crippen LogP contribution in [0.1, 0.15) is 16.8 Å². The van der Waals surface area contributed by atoms with E-state index in [2.05, 4.69) is 15.1 Å². The SMILES string of the molecule is CSc1ncc2c(n1)-c1c(c(CC(N)=O)nn1C)CC2. The topological polar surface area (TPSA) is 86.7 Å². The van der Waals surface area contributed by atoms with E-state index < -0.39 is 0 Å². The second-order valence-electron chi connectivity index (χ2n) is 4.77. The minimum absolute atomic E-state index is 0.180. The molecule has 6 nitrogen and oxygen atoms in total. The number of rotatable bonds is 3. The van der Waals surface area contributed by atoms with Crippen LogP contribution < -0.4 is 5.73 Å². The molecule has 0 saturated heterocycles. The Labute approximate surface area is 120 Å². The summed E-state index contributed by atoms with van der Waals surface area (Å²) in [7, 11) is 1.87. The van der Waals surface area contributed by atoms with E-state index >= 15 is 0 Å². The largest absolute Gasteiger partial charge is 0.369 e. The molecule has 20 heavy (non-hydrogen) atoms. The van der Waals surface area contributed by atoms with Crippen molar-refractivity contribution in [2.75, 3.05) is 6.26 Å². The fourth-order valence-corrected chi connectivity index (χ4v) is 2.97. The predicted molar refractivity (Wildman–Crippen MR) is 76.3 cm³/mol. The highest BCUT2D eigenvalue weighted by atomic mass is 32.2. The number of carbonyl (C=O) groups is 1. The highest BCUT2D eigenvalue weighted by molar-refractivity contribution is 7.98. The summed E-state index contributed by atoms with van der Waals surface area (Å²) in [5.74, 6) is -0.357. The zero-order valence-corrected chi connectivity index (χ0v) is 12.2. The van der Waals surface area contributed by atoms with Gasteiger partial charge in [0.2, 0.25) is 5.91 Å². The number of nitrogens with zero attached hydrogens (tertiary/aromatic N) is 4. The van der Waals surface area contributed by atoms with Gasteiger partial charge in [0.05, 0.1) is 23.5 Å². The lowest BCUT2D eigenvalue weighted by Gasteiger charge is -2.16. The maximum Gasteiger partial charge on any atom is 0.223 e. The van der Waals surface area contributed by atoms with E-state index in [-0.39, 0.29) is 12.3 Å². The Hall–Kier alpha value is -1.89. The highest BCUT2D eigenvalue weighted by Crippen LogP contribution is 2.34. The minimum atomic E-state index is -0.357. The van der Waals surface area contributed by atoms with Crippen molar-refractivity contribution >= 4 is 17.7 Å². The van der Waals surface area contributed by atoms with Gasteiger partial charge in [0.25, 0.3) is 0 Å². The van der Waals surface area contributed by atoms with Gasteiger partial charge in [0.1, 0.15) is 0 Å². The smallest absolute Gasteiger partial charge is 0.223 e. The first-order valence-corrected chi connectivity index (χ1v) is 7.56. The second-order valence-corrected chi connectivity index (χ2v) is 5.54. The molecule has 0 saturated carbocycles. The molecule has 0 spiro atoms. The number of primary amides is 1. The lowest BCUT2D eigenvalue weighted by atomic mass is 9.92. The number of amides is 1. The van der Waals surface area contributed by atoms with Crippen molar-refractivity contribution in [2.45, 2.75) is 24.4 Å². The summed E-state index contributed by atoms with van der Waals surface area (Å²) >= 11 is 1.51.